The highest BCUT2D eigenvalue weighted by molar-refractivity contribution is 5.91. The Morgan fingerprint density at radius 1 is 1.43 bits per heavy atom. The van der Waals surface area contributed by atoms with Gasteiger partial charge in [0.05, 0.1) is 22.8 Å². The Balaban J connectivity index is 2.39. The van der Waals surface area contributed by atoms with Gasteiger partial charge in [-0.05, 0) is 18.2 Å². The standard InChI is InChI=1S/C13H14N4O4/c1-15(2)13(19)11-5-6-16(14-11)10-3-4-12(17(20)21)9(7-10)8-18/h3-7,18H,8H2,1-2H3. The summed E-state index contributed by atoms with van der Waals surface area (Å²) in [7, 11) is 3.24. The molecule has 8 nitrogen and oxygen atoms in total. The number of aliphatic hydroxyl groups excluding tert-OH is 1. The first-order valence-corrected chi connectivity index (χ1v) is 6.10. The van der Waals surface area contributed by atoms with E-state index >= 15 is 0 Å². The van der Waals surface area contributed by atoms with E-state index in [9.17, 15) is 20.0 Å². The molecule has 0 saturated heterocycles. The molecule has 0 spiro atoms. The van der Waals surface area contributed by atoms with Crippen LogP contribution in [-0.4, -0.2) is 44.7 Å². The molecule has 8 heteroatoms. The van der Waals surface area contributed by atoms with Crippen LogP contribution in [0.5, 0.6) is 0 Å². The third-order valence-corrected chi connectivity index (χ3v) is 2.91. The number of nitro benzene ring substituents is 1. The van der Waals surface area contributed by atoms with Crippen LogP contribution in [0.25, 0.3) is 5.69 Å². The molecule has 0 bridgehead atoms. The van der Waals surface area contributed by atoms with Gasteiger partial charge in [0, 0.05) is 26.4 Å². The molecule has 1 amide bonds. The van der Waals surface area contributed by atoms with Crippen LogP contribution in [0.4, 0.5) is 5.69 Å². The second kappa shape index (κ2) is 5.71. The summed E-state index contributed by atoms with van der Waals surface area (Å²) >= 11 is 0. The van der Waals surface area contributed by atoms with Crippen LogP contribution in [0.3, 0.4) is 0 Å². The summed E-state index contributed by atoms with van der Waals surface area (Å²) in [5, 5.41) is 24.2. The molecular formula is C13H14N4O4. The molecule has 0 fully saturated rings. The molecule has 1 aromatic carbocycles. The lowest BCUT2D eigenvalue weighted by Crippen LogP contribution is -2.22. The normalized spacial score (nSPS) is 10.4. The summed E-state index contributed by atoms with van der Waals surface area (Å²) in [4.78, 5) is 23.4. The average Bonchev–Trinajstić information content (AvgIpc) is 2.95. The fourth-order valence-corrected chi connectivity index (χ4v) is 1.83. The number of amides is 1. The first kappa shape index (κ1) is 14.7. The van der Waals surface area contributed by atoms with Crippen molar-refractivity contribution < 1.29 is 14.8 Å². The molecule has 1 heterocycles. The third-order valence-electron chi connectivity index (χ3n) is 2.91. The number of aliphatic hydroxyl groups is 1. The minimum absolute atomic E-state index is 0.155. The second-order valence-electron chi connectivity index (χ2n) is 4.57. The fourth-order valence-electron chi connectivity index (χ4n) is 1.83. The molecule has 0 aliphatic heterocycles. The molecule has 0 aliphatic carbocycles. The Morgan fingerprint density at radius 3 is 2.71 bits per heavy atom. The van der Waals surface area contributed by atoms with Crippen LogP contribution in [0, 0.1) is 10.1 Å². The summed E-state index contributed by atoms with van der Waals surface area (Å²) < 4.78 is 1.43. The van der Waals surface area contributed by atoms with Crippen molar-refractivity contribution in [3.8, 4) is 5.69 Å². The second-order valence-corrected chi connectivity index (χ2v) is 4.57. The van der Waals surface area contributed by atoms with Crippen LogP contribution in [0.2, 0.25) is 0 Å². The first-order chi connectivity index (χ1) is 9.93. The van der Waals surface area contributed by atoms with E-state index in [0.717, 1.165) is 0 Å². The summed E-state index contributed by atoms with van der Waals surface area (Å²) in [5.74, 6) is -0.238. The number of benzene rings is 1. The predicted molar refractivity (Wildman–Crippen MR) is 74.2 cm³/mol. The largest absolute Gasteiger partial charge is 0.391 e. The van der Waals surface area contributed by atoms with Gasteiger partial charge >= 0.3 is 0 Å². The van der Waals surface area contributed by atoms with E-state index in [4.69, 9.17) is 0 Å². The fraction of sp³-hybridized carbons (Fsp3) is 0.231. The van der Waals surface area contributed by atoms with Crippen molar-refractivity contribution in [3.63, 3.8) is 0 Å². The number of carbonyl (C=O) groups excluding carboxylic acids is 1. The molecule has 0 unspecified atom stereocenters. The summed E-state index contributed by atoms with van der Waals surface area (Å²) in [6.07, 6.45) is 1.58. The lowest BCUT2D eigenvalue weighted by Gasteiger charge is -2.07. The van der Waals surface area contributed by atoms with E-state index in [0.29, 0.717) is 5.69 Å². The zero-order chi connectivity index (χ0) is 15.6. The molecule has 2 aromatic rings. The number of nitrogens with zero attached hydrogens (tertiary/aromatic N) is 4. The number of aromatic nitrogens is 2. The summed E-state index contributed by atoms with van der Waals surface area (Å²) in [6.45, 7) is -0.449. The van der Waals surface area contributed by atoms with Crippen molar-refractivity contribution in [2.75, 3.05) is 14.1 Å². The minimum atomic E-state index is -0.556. The maximum Gasteiger partial charge on any atom is 0.275 e. The molecule has 0 saturated carbocycles. The summed E-state index contributed by atoms with van der Waals surface area (Å²) in [6, 6.07) is 5.83. The quantitative estimate of drug-likeness (QED) is 0.668. The van der Waals surface area contributed by atoms with E-state index in [2.05, 4.69) is 5.10 Å². The van der Waals surface area contributed by atoms with Crippen LogP contribution in [0.15, 0.2) is 30.5 Å². The van der Waals surface area contributed by atoms with Crippen molar-refractivity contribution in [2.45, 2.75) is 6.61 Å². The zero-order valence-electron chi connectivity index (χ0n) is 11.6. The van der Waals surface area contributed by atoms with Gasteiger partial charge < -0.3 is 10.0 Å². The van der Waals surface area contributed by atoms with Crippen LogP contribution in [0.1, 0.15) is 16.1 Å². The molecule has 2 rings (SSSR count). The molecule has 1 aromatic heterocycles. The van der Waals surface area contributed by atoms with Gasteiger partial charge in [0.25, 0.3) is 11.6 Å². The van der Waals surface area contributed by atoms with E-state index in [1.165, 1.54) is 27.8 Å². The van der Waals surface area contributed by atoms with E-state index in [-0.39, 0.29) is 22.9 Å². The van der Waals surface area contributed by atoms with Crippen LogP contribution in [-0.2, 0) is 6.61 Å². The van der Waals surface area contributed by atoms with Gasteiger partial charge in [0.1, 0.15) is 0 Å². The summed E-state index contributed by atoms with van der Waals surface area (Å²) in [5.41, 5.74) is 0.831. The zero-order valence-corrected chi connectivity index (χ0v) is 11.6. The number of hydrogen-bond acceptors (Lipinski definition) is 5. The number of carbonyl (C=O) groups is 1. The lowest BCUT2D eigenvalue weighted by molar-refractivity contribution is -0.385. The van der Waals surface area contributed by atoms with Crippen molar-refractivity contribution in [2.24, 2.45) is 0 Å². The van der Waals surface area contributed by atoms with Gasteiger partial charge in [-0.15, -0.1) is 0 Å². The Labute approximate surface area is 120 Å². The monoisotopic (exact) mass is 290 g/mol. The van der Waals surface area contributed by atoms with Crippen LogP contribution >= 0.6 is 0 Å². The van der Waals surface area contributed by atoms with Crippen molar-refractivity contribution in [3.05, 3.63) is 51.8 Å². The van der Waals surface area contributed by atoms with Crippen LogP contribution < -0.4 is 0 Å². The lowest BCUT2D eigenvalue weighted by atomic mass is 10.1. The smallest absolute Gasteiger partial charge is 0.275 e. The molecule has 21 heavy (non-hydrogen) atoms. The Kier molecular flexibility index (Phi) is 3.99. The Morgan fingerprint density at radius 2 is 2.14 bits per heavy atom. The number of hydrogen-bond donors (Lipinski definition) is 1. The Hall–Kier alpha value is -2.74. The SMILES string of the molecule is CN(C)C(=O)c1ccn(-c2ccc([N+](=O)[O-])c(CO)c2)n1. The highest BCUT2D eigenvalue weighted by Crippen LogP contribution is 2.22. The maximum atomic E-state index is 11.8. The van der Waals surface area contributed by atoms with Gasteiger partial charge in [-0.3, -0.25) is 14.9 Å². The molecular weight excluding hydrogens is 276 g/mol. The maximum absolute atomic E-state index is 11.8. The van der Waals surface area contributed by atoms with Crippen molar-refractivity contribution >= 4 is 11.6 Å². The van der Waals surface area contributed by atoms with Gasteiger partial charge in [-0.25, -0.2) is 4.68 Å². The van der Waals surface area contributed by atoms with E-state index < -0.39 is 11.5 Å². The topological polar surface area (TPSA) is 102 Å². The predicted octanol–water partition coefficient (Wildman–Crippen LogP) is 0.975. The average molecular weight is 290 g/mol. The Bertz CT molecular complexity index is 693. The van der Waals surface area contributed by atoms with Gasteiger partial charge in [0.2, 0.25) is 0 Å². The van der Waals surface area contributed by atoms with Crippen molar-refractivity contribution in [1.82, 2.24) is 14.7 Å². The van der Waals surface area contributed by atoms with Gasteiger partial charge in [-0.2, -0.15) is 5.10 Å². The highest BCUT2D eigenvalue weighted by Gasteiger charge is 2.16. The molecule has 0 aliphatic rings. The minimum Gasteiger partial charge on any atom is -0.391 e. The first-order valence-electron chi connectivity index (χ1n) is 6.10. The molecule has 0 atom stereocenters. The number of nitro groups is 1. The van der Waals surface area contributed by atoms with Gasteiger partial charge in [-0.1, -0.05) is 0 Å². The third kappa shape index (κ3) is 2.90. The molecule has 1 N–H and O–H groups in total. The van der Waals surface area contributed by atoms with E-state index in [1.54, 1.807) is 26.4 Å². The molecule has 110 valence electrons. The van der Waals surface area contributed by atoms with Gasteiger partial charge in [0.15, 0.2) is 5.69 Å². The van der Waals surface area contributed by atoms with Crippen molar-refractivity contribution in [1.29, 1.82) is 0 Å². The highest BCUT2D eigenvalue weighted by atomic mass is 16.6. The molecule has 0 radical (unpaired) electrons. The number of rotatable bonds is 4. The van der Waals surface area contributed by atoms with E-state index in [1.807, 2.05) is 0 Å².